The molecule has 0 unspecified atom stereocenters. The van der Waals surface area contributed by atoms with Crippen molar-refractivity contribution in [1.29, 1.82) is 0 Å². The minimum atomic E-state index is 0. The molecule has 0 atom stereocenters. The fraction of sp³-hybridized carbons (Fsp3) is 0.250. The molecule has 0 spiro atoms. The van der Waals surface area contributed by atoms with Crippen molar-refractivity contribution in [1.82, 2.24) is 0 Å². The quantitative estimate of drug-likeness (QED) is 0.592. The molecule has 1 aromatic carbocycles. The molecule has 0 aromatic heterocycles. The second-order valence-corrected chi connectivity index (χ2v) is 1.84. The van der Waals surface area contributed by atoms with Crippen LogP contribution in [-0.4, -0.2) is 5.48 Å². The second kappa shape index (κ2) is 4.10. The zero-order valence-electron chi connectivity index (χ0n) is 5.54. The van der Waals surface area contributed by atoms with Crippen LogP contribution in [0, 0.1) is 0 Å². The fourth-order valence-electron chi connectivity index (χ4n) is 0.714. The summed E-state index contributed by atoms with van der Waals surface area (Å²) in [6.07, 6.45) is 1.14. The van der Waals surface area contributed by atoms with Gasteiger partial charge in [-0.2, -0.15) is 0 Å². The molecule has 1 heteroatoms. The van der Waals surface area contributed by atoms with Crippen molar-refractivity contribution in [2.75, 3.05) is 0 Å². The van der Waals surface area contributed by atoms with Crippen molar-refractivity contribution in [3.63, 3.8) is 0 Å². The van der Waals surface area contributed by atoms with Crippen molar-refractivity contribution in [3.8, 4) is 0 Å². The van der Waals surface area contributed by atoms with Gasteiger partial charge in [-0.1, -0.05) is 37.3 Å². The maximum absolute atomic E-state index is 2.16. The number of hydrogen-bond donors (Lipinski definition) is 1. The molecular formula is C8H11O. The van der Waals surface area contributed by atoms with Gasteiger partial charge in [0.05, 0.1) is 0 Å². The summed E-state index contributed by atoms with van der Waals surface area (Å²) in [5, 5.41) is 0. The first-order valence-corrected chi connectivity index (χ1v) is 2.97. The summed E-state index contributed by atoms with van der Waals surface area (Å²) in [5.74, 6) is 0. The topological polar surface area (TPSA) is 30.0 Å². The minimum Gasteiger partial charge on any atom is -0.255 e. The van der Waals surface area contributed by atoms with Gasteiger partial charge in [-0.25, -0.2) is 0 Å². The van der Waals surface area contributed by atoms with E-state index in [-0.39, 0.29) is 5.48 Å². The molecule has 1 nitrogen and oxygen atoms in total. The number of benzene rings is 1. The molecule has 1 N–H and O–H groups in total. The lowest BCUT2D eigenvalue weighted by Crippen LogP contribution is -1.73. The van der Waals surface area contributed by atoms with Gasteiger partial charge in [-0.3, -0.25) is 5.48 Å². The van der Waals surface area contributed by atoms with E-state index < -0.39 is 0 Å². The summed E-state index contributed by atoms with van der Waals surface area (Å²) in [5.41, 5.74) is 1.41. The van der Waals surface area contributed by atoms with Crippen molar-refractivity contribution in [3.05, 3.63) is 35.9 Å². The van der Waals surface area contributed by atoms with Crippen molar-refractivity contribution in [2.45, 2.75) is 13.3 Å². The zero-order chi connectivity index (χ0) is 5.82. The summed E-state index contributed by atoms with van der Waals surface area (Å²) in [4.78, 5) is 0. The van der Waals surface area contributed by atoms with E-state index in [1.165, 1.54) is 5.56 Å². The lowest BCUT2D eigenvalue weighted by molar-refractivity contribution is 0.824. The van der Waals surface area contributed by atoms with Gasteiger partial charge >= 0.3 is 0 Å². The molecule has 49 valence electrons. The first-order valence-electron chi connectivity index (χ1n) is 2.97. The SMILES string of the molecule is CCc1ccccc1.[OH]. The molecule has 0 aliphatic heterocycles. The van der Waals surface area contributed by atoms with E-state index >= 15 is 0 Å². The third-order valence-corrected chi connectivity index (χ3v) is 1.25. The predicted octanol–water partition coefficient (Wildman–Crippen LogP) is 2.07. The highest BCUT2D eigenvalue weighted by Gasteiger charge is 1.79. The standard InChI is InChI=1S/C8H10.HO/c1-2-8-6-4-3-5-7-8;/h3-7H,2H2,1H3;1H. The van der Waals surface area contributed by atoms with E-state index in [9.17, 15) is 0 Å². The van der Waals surface area contributed by atoms with E-state index in [4.69, 9.17) is 0 Å². The largest absolute Gasteiger partial charge is 0.255 e. The van der Waals surface area contributed by atoms with E-state index in [1.807, 2.05) is 6.07 Å². The average molecular weight is 123 g/mol. The predicted molar refractivity (Wildman–Crippen MR) is 37.8 cm³/mol. The van der Waals surface area contributed by atoms with Crippen LogP contribution in [0.4, 0.5) is 0 Å². The first-order chi connectivity index (χ1) is 3.93. The van der Waals surface area contributed by atoms with Gasteiger partial charge in [-0.15, -0.1) is 0 Å². The Morgan fingerprint density at radius 3 is 2.00 bits per heavy atom. The highest BCUT2D eigenvalue weighted by molar-refractivity contribution is 5.13. The van der Waals surface area contributed by atoms with E-state index in [0.29, 0.717) is 0 Å². The molecule has 0 aliphatic carbocycles. The summed E-state index contributed by atoms with van der Waals surface area (Å²) < 4.78 is 0. The monoisotopic (exact) mass is 123 g/mol. The third-order valence-electron chi connectivity index (χ3n) is 1.25. The summed E-state index contributed by atoms with van der Waals surface area (Å²) in [7, 11) is 0. The second-order valence-electron chi connectivity index (χ2n) is 1.84. The van der Waals surface area contributed by atoms with Crippen LogP contribution in [0.25, 0.3) is 0 Å². The lowest BCUT2D eigenvalue weighted by Gasteiger charge is -1.89. The minimum absolute atomic E-state index is 0. The average Bonchev–Trinajstić information content (AvgIpc) is 1.90. The molecule has 0 aliphatic rings. The lowest BCUT2D eigenvalue weighted by atomic mass is 10.2. The summed E-state index contributed by atoms with van der Waals surface area (Å²) in [6.45, 7) is 2.16. The van der Waals surface area contributed by atoms with Crippen LogP contribution in [0.2, 0.25) is 0 Å². The molecule has 0 saturated carbocycles. The Hall–Kier alpha value is -0.820. The van der Waals surface area contributed by atoms with Crippen LogP contribution in [0.3, 0.4) is 0 Å². The molecular weight excluding hydrogens is 112 g/mol. The number of rotatable bonds is 1. The first kappa shape index (κ1) is 8.18. The Morgan fingerprint density at radius 2 is 1.67 bits per heavy atom. The van der Waals surface area contributed by atoms with Crippen molar-refractivity contribution < 1.29 is 5.48 Å². The van der Waals surface area contributed by atoms with Gasteiger partial charge in [-0.05, 0) is 12.0 Å². The van der Waals surface area contributed by atoms with E-state index in [0.717, 1.165) is 6.42 Å². The molecule has 0 amide bonds. The molecule has 0 fully saturated rings. The van der Waals surface area contributed by atoms with Crippen LogP contribution in [0.5, 0.6) is 0 Å². The van der Waals surface area contributed by atoms with Gasteiger partial charge < -0.3 is 0 Å². The van der Waals surface area contributed by atoms with Gasteiger partial charge in [0.2, 0.25) is 0 Å². The van der Waals surface area contributed by atoms with Crippen LogP contribution in [0.1, 0.15) is 12.5 Å². The summed E-state index contributed by atoms with van der Waals surface area (Å²) in [6, 6.07) is 10.5. The van der Waals surface area contributed by atoms with Gasteiger partial charge in [0.25, 0.3) is 0 Å². The van der Waals surface area contributed by atoms with Gasteiger partial charge in [0, 0.05) is 0 Å². The molecule has 0 bridgehead atoms. The fourth-order valence-corrected chi connectivity index (χ4v) is 0.714. The van der Waals surface area contributed by atoms with Gasteiger partial charge in [0.15, 0.2) is 0 Å². The molecule has 1 aromatic rings. The van der Waals surface area contributed by atoms with Gasteiger partial charge in [0.1, 0.15) is 0 Å². The Bertz CT molecular complexity index is 146. The zero-order valence-corrected chi connectivity index (χ0v) is 5.54. The highest BCUT2D eigenvalue weighted by atomic mass is 16.0. The van der Waals surface area contributed by atoms with Crippen molar-refractivity contribution in [2.24, 2.45) is 0 Å². The molecule has 0 heterocycles. The Labute approximate surface area is 55.6 Å². The van der Waals surface area contributed by atoms with E-state index in [2.05, 4.69) is 31.2 Å². The van der Waals surface area contributed by atoms with Crippen LogP contribution < -0.4 is 0 Å². The van der Waals surface area contributed by atoms with Crippen molar-refractivity contribution >= 4 is 0 Å². The molecule has 0 saturated heterocycles. The number of hydrogen-bond acceptors (Lipinski definition) is 0. The summed E-state index contributed by atoms with van der Waals surface area (Å²) >= 11 is 0. The Balaban J connectivity index is 0.000000640. The number of aryl methyl sites for hydroxylation is 1. The molecule has 1 rings (SSSR count). The maximum atomic E-state index is 2.16. The third kappa shape index (κ3) is 2.29. The molecule has 1 radical (unpaired) electrons. The highest BCUT2D eigenvalue weighted by Crippen LogP contribution is 1.96. The smallest absolute Gasteiger partial charge is 0.0307 e. The Morgan fingerprint density at radius 1 is 1.11 bits per heavy atom. The van der Waals surface area contributed by atoms with E-state index in [1.54, 1.807) is 0 Å². The maximum Gasteiger partial charge on any atom is -0.0307 e. The van der Waals surface area contributed by atoms with Crippen LogP contribution in [0.15, 0.2) is 30.3 Å². The molecule has 9 heavy (non-hydrogen) atoms. The Kier molecular flexibility index (Phi) is 3.72. The van der Waals surface area contributed by atoms with Crippen LogP contribution >= 0.6 is 0 Å². The van der Waals surface area contributed by atoms with Crippen LogP contribution in [-0.2, 0) is 6.42 Å². The normalized spacial score (nSPS) is 8.11.